The lowest BCUT2D eigenvalue weighted by atomic mass is 10.0. The molecule has 0 saturated heterocycles. The van der Waals surface area contributed by atoms with Gasteiger partial charge in [0.2, 0.25) is 0 Å². The van der Waals surface area contributed by atoms with Crippen LogP contribution in [0.15, 0.2) is 42.0 Å². The highest BCUT2D eigenvalue weighted by atomic mass is 19.4. The molecule has 0 aliphatic heterocycles. The first-order chi connectivity index (χ1) is 7.88. The Morgan fingerprint density at radius 2 is 1.82 bits per heavy atom. The number of carboxylic acids is 1. The van der Waals surface area contributed by atoms with Gasteiger partial charge in [0.15, 0.2) is 0 Å². The van der Waals surface area contributed by atoms with Crippen molar-refractivity contribution < 1.29 is 23.1 Å². The van der Waals surface area contributed by atoms with E-state index >= 15 is 0 Å². The summed E-state index contributed by atoms with van der Waals surface area (Å²) in [6.07, 6.45) is -4.89. The molecule has 0 bridgehead atoms. The Labute approximate surface area is 96.4 Å². The molecule has 0 aliphatic carbocycles. The molecule has 0 unspecified atom stereocenters. The van der Waals surface area contributed by atoms with Gasteiger partial charge < -0.3 is 5.11 Å². The SMILES string of the molecule is O=C(O)C(=CCC(F)(F)F)Cc1ccccc1. The number of carboxylic acid groups (broad SMARTS) is 1. The predicted octanol–water partition coefficient (Wildman–Crippen LogP) is 3.19. The lowest BCUT2D eigenvalue weighted by molar-refractivity contribution is -0.133. The summed E-state index contributed by atoms with van der Waals surface area (Å²) in [5.41, 5.74) is 0.428. The van der Waals surface area contributed by atoms with Crippen LogP contribution in [0.3, 0.4) is 0 Å². The molecule has 0 spiro atoms. The number of benzene rings is 1. The normalized spacial score (nSPS) is 12.5. The van der Waals surface area contributed by atoms with Crippen molar-refractivity contribution in [1.29, 1.82) is 0 Å². The first-order valence-corrected chi connectivity index (χ1v) is 4.91. The van der Waals surface area contributed by atoms with Gasteiger partial charge in [0.25, 0.3) is 0 Å². The molecule has 17 heavy (non-hydrogen) atoms. The summed E-state index contributed by atoms with van der Waals surface area (Å²) in [6.45, 7) is 0. The zero-order valence-corrected chi connectivity index (χ0v) is 8.87. The van der Waals surface area contributed by atoms with Crippen molar-refractivity contribution >= 4 is 5.97 Å². The van der Waals surface area contributed by atoms with Gasteiger partial charge in [-0.25, -0.2) is 4.79 Å². The lowest BCUT2D eigenvalue weighted by Crippen LogP contribution is -2.09. The molecule has 0 heterocycles. The molecule has 92 valence electrons. The van der Waals surface area contributed by atoms with Crippen LogP contribution in [0.4, 0.5) is 13.2 Å². The Morgan fingerprint density at radius 3 is 2.29 bits per heavy atom. The Hall–Kier alpha value is -1.78. The third-order valence-electron chi connectivity index (χ3n) is 2.09. The third-order valence-corrected chi connectivity index (χ3v) is 2.09. The smallest absolute Gasteiger partial charge is 0.392 e. The van der Waals surface area contributed by atoms with Gasteiger partial charge in [0, 0.05) is 12.0 Å². The minimum absolute atomic E-state index is 0.00769. The molecule has 0 aromatic heterocycles. The minimum Gasteiger partial charge on any atom is -0.478 e. The number of carbonyl (C=O) groups is 1. The number of hydrogen-bond acceptors (Lipinski definition) is 1. The van der Waals surface area contributed by atoms with Gasteiger partial charge in [-0.1, -0.05) is 36.4 Å². The van der Waals surface area contributed by atoms with Crippen LogP contribution in [0, 0.1) is 0 Å². The molecular weight excluding hydrogens is 233 g/mol. The van der Waals surface area contributed by atoms with Crippen LogP contribution in [0.5, 0.6) is 0 Å². The summed E-state index contributed by atoms with van der Waals surface area (Å²) in [4.78, 5) is 10.8. The third kappa shape index (κ3) is 5.19. The molecule has 0 saturated carbocycles. The van der Waals surface area contributed by atoms with Gasteiger partial charge in [-0.05, 0) is 5.56 Å². The number of rotatable bonds is 4. The first kappa shape index (κ1) is 13.3. The van der Waals surface area contributed by atoms with E-state index in [4.69, 9.17) is 5.11 Å². The highest BCUT2D eigenvalue weighted by Crippen LogP contribution is 2.21. The Bertz CT molecular complexity index is 408. The molecule has 1 aromatic carbocycles. The van der Waals surface area contributed by atoms with E-state index in [9.17, 15) is 18.0 Å². The van der Waals surface area contributed by atoms with Gasteiger partial charge in [0.05, 0.1) is 6.42 Å². The van der Waals surface area contributed by atoms with Crippen molar-refractivity contribution in [3.63, 3.8) is 0 Å². The molecule has 0 radical (unpaired) electrons. The highest BCUT2D eigenvalue weighted by Gasteiger charge is 2.26. The first-order valence-electron chi connectivity index (χ1n) is 4.91. The topological polar surface area (TPSA) is 37.3 Å². The van der Waals surface area contributed by atoms with Crippen LogP contribution in [0.25, 0.3) is 0 Å². The van der Waals surface area contributed by atoms with Crippen LogP contribution in [0.2, 0.25) is 0 Å². The van der Waals surface area contributed by atoms with Crippen molar-refractivity contribution in [3.05, 3.63) is 47.5 Å². The fourth-order valence-electron chi connectivity index (χ4n) is 1.29. The average molecular weight is 244 g/mol. The summed E-state index contributed by atoms with van der Waals surface area (Å²) < 4.78 is 35.9. The van der Waals surface area contributed by atoms with E-state index in [1.54, 1.807) is 30.3 Å². The Kier molecular flexibility index (Phi) is 4.31. The molecule has 5 heteroatoms. The van der Waals surface area contributed by atoms with Crippen molar-refractivity contribution in [2.24, 2.45) is 0 Å². The number of halogens is 3. The largest absolute Gasteiger partial charge is 0.478 e. The van der Waals surface area contributed by atoms with E-state index in [2.05, 4.69) is 0 Å². The Balaban J connectivity index is 2.78. The van der Waals surface area contributed by atoms with Crippen LogP contribution < -0.4 is 0 Å². The maximum atomic E-state index is 12.0. The summed E-state index contributed by atoms with van der Waals surface area (Å²) in [5.74, 6) is -1.32. The monoisotopic (exact) mass is 244 g/mol. The molecule has 1 aromatic rings. The van der Waals surface area contributed by atoms with Crippen molar-refractivity contribution in [2.75, 3.05) is 0 Å². The van der Waals surface area contributed by atoms with Crippen molar-refractivity contribution in [3.8, 4) is 0 Å². The molecule has 1 rings (SSSR count). The van der Waals surface area contributed by atoms with Gasteiger partial charge in [-0.2, -0.15) is 13.2 Å². The fraction of sp³-hybridized carbons (Fsp3) is 0.250. The molecule has 0 fully saturated rings. The van der Waals surface area contributed by atoms with Gasteiger partial charge in [0.1, 0.15) is 0 Å². The predicted molar refractivity (Wildman–Crippen MR) is 56.5 cm³/mol. The summed E-state index contributed by atoms with van der Waals surface area (Å²) >= 11 is 0. The maximum absolute atomic E-state index is 12.0. The number of allylic oxidation sites excluding steroid dienone is 1. The highest BCUT2D eigenvalue weighted by molar-refractivity contribution is 5.87. The van der Waals surface area contributed by atoms with Gasteiger partial charge in [-0.15, -0.1) is 0 Å². The minimum atomic E-state index is -4.38. The number of alkyl halides is 3. The van der Waals surface area contributed by atoms with Crippen LogP contribution in [-0.4, -0.2) is 17.3 Å². The quantitative estimate of drug-likeness (QED) is 0.826. The van der Waals surface area contributed by atoms with E-state index in [1.165, 1.54) is 0 Å². The fourth-order valence-corrected chi connectivity index (χ4v) is 1.29. The van der Waals surface area contributed by atoms with E-state index in [0.29, 0.717) is 5.56 Å². The number of hydrogen-bond donors (Lipinski definition) is 1. The zero-order chi connectivity index (χ0) is 12.9. The average Bonchev–Trinajstić information content (AvgIpc) is 2.24. The van der Waals surface area contributed by atoms with E-state index < -0.39 is 18.6 Å². The summed E-state index contributed by atoms with van der Waals surface area (Å²) in [6, 6.07) is 8.51. The molecule has 0 atom stereocenters. The van der Waals surface area contributed by atoms with E-state index in [0.717, 1.165) is 6.08 Å². The zero-order valence-electron chi connectivity index (χ0n) is 8.87. The van der Waals surface area contributed by atoms with Crippen LogP contribution >= 0.6 is 0 Å². The van der Waals surface area contributed by atoms with Crippen LogP contribution in [-0.2, 0) is 11.2 Å². The van der Waals surface area contributed by atoms with Gasteiger partial charge in [-0.3, -0.25) is 0 Å². The van der Waals surface area contributed by atoms with Gasteiger partial charge >= 0.3 is 12.1 Å². The standard InChI is InChI=1S/C12H11F3O2/c13-12(14,15)7-6-10(11(16)17)8-9-4-2-1-3-5-9/h1-6H,7-8H2,(H,16,17). The maximum Gasteiger partial charge on any atom is 0.392 e. The lowest BCUT2D eigenvalue weighted by Gasteiger charge is -2.05. The molecule has 1 N–H and O–H groups in total. The second-order valence-electron chi connectivity index (χ2n) is 3.52. The molecule has 0 amide bonds. The molecule has 0 aliphatic rings. The second kappa shape index (κ2) is 5.52. The van der Waals surface area contributed by atoms with Crippen LogP contribution in [0.1, 0.15) is 12.0 Å². The number of aliphatic carboxylic acids is 1. The summed E-state index contributed by atoms with van der Waals surface area (Å²) in [5, 5.41) is 8.80. The van der Waals surface area contributed by atoms with E-state index in [-0.39, 0.29) is 12.0 Å². The summed E-state index contributed by atoms with van der Waals surface area (Å²) in [7, 11) is 0. The van der Waals surface area contributed by atoms with E-state index in [1.807, 2.05) is 0 Å². The second-order valence-corrected chi connectivity index (χ2v) is 3.52. The molecule has 2 nitrogen and oxygen atoms in total. The van der Waals surface area contributed by atoms with Crippen molar-refractivity contribution in [1.82, 2.24) is 0 Å². The van der Waals surface area contributed by atoms with Crippen molar-refractivity contribution in [2.45, 2.75) is 19.0 Å². The Morgan fingerprint density at radius 1 is 1.24 bits per heavy atom. The molecular formula is C12H11F3O2.